The first-order chi connectivity index (χ1) is 6.74. The van der Waals surface area contributed by atoms with Crippen LogP contribution in [0.15, 0.2) is 35.3 Å². The lowest BCUT2D eigenvalue weighted by molar-refractivity contribution is 0.872. The number of fused-ring (bicyclic) bond motifs is 1. The lowest BCUT2D eigenvalue weighted by Gasteiger charge is -2.04. The molecule has 72 valence electrons. The van der Waals surface area contributed by atoms with E-state index in [0.29, 0.717) is 0 Å². The first-order valence-corrected chi connectivity index (χ1v) is 4.81. The smallest absolute Gasteiger partial charge is 0.258 e. The minimum atomic E-state index is 0.0813. The number of aryl methyl sites for hydroxylation is 2. The number of benzene rings is 1. The molecule has 14 heavy (non-hydrogen) atoms. The normalized spacial score (nSPS) is 10.7. The van der Waals surface area contributed by atoms with Crippen molar-refractivity contribution in [2.75, 3.05) is 0 Å². The van der Waals surface area contributed by atoms with E-state index in [4.69, 9.17) is 0 Å². The minimum Gasteiger partial charge on any atom is -0.318 e. The average Bonchev–Trinajstić information content (AvgIpc) is 2.23. The van der Waals surface area contributed by atoms with Crippen molar-refractivity contribution in [2.45, 2.75) is 13.3 Å². The summed E-state index contributed by atoms with van der Waals surface area (Å²) in [6, 6.07) is 7.91. The van der Waals surface area contributed by atoms with Crippen LogP contribution in [0.4, 0.5) is 0 Å². The summed E-state index contributed by atoms with van der Waals surface area (Å²) in [5.74, 6) is 0. The van der Waals surface area contributed by atoms with Crippen molar-refractivity contribution in [2.24, 2.45) is 7.05 Å². The van der Waals surface area contributed by atoms with Gasteiger partial charge < -0.3 is 4.57 Å². The Kier molecular flexibility index (Phi) is 2.12. The van der Waals surface area contributed by atoms with Crippen molar-refractivity contribution in [3.05, 3.63) is 46.4 Å². The largest absolute Gasteiger partial charge is 0.318 e. The monoisotopic (exact) mass is 187 g/mol. The molecule has 0 aliphatic rings. The molecule has 0 unspecified atom stereocenters. The van der Waals surface area contributed by atoms with E-state index in [1.165, 1.54) is 5.56 Å². The number of rotatable bonds is 1. The lowest BCUT2D eigenvalue weighted by Crippen LogP contribution is -2.15. The van der Waals surface area contributed by atoms with Gasteiger partial charge in [-0.15, -0.1) is 0 Å². The zero-order valence-corrected chi connectivity index (χ0v) is 8.45. The fraction of sp³-hybridized carbons (Fsp3) is 0.250. The van der Waals surface area contributed by atoms with Crippen LogP contribution in [-0.4, -0.2) is 4.57 Å². The van der Waals surface area contributed by atoms with E-state index in [9.17, 15) is 4.79 Å². The van der Waals surface area contributed by atoms with E-state index in [0.717, 1.165) is 17.2 Å². The van der Waals surface area contributed by atoms with Crippen LogP contribution in [0.25, 0.3) is 10.8 Å². The molecule has 0 radical (unpaired) electrons. The lowest BCUT2D eigenvalue weighted by atomic mass is 10.0. The first-order valence-electron chi connectivity index (χ1n) is 4.81. The fourth-order valence-corrected chi connectivity index (χ4v) is 1.75. The van der Waals surface area contributed by atoms with Crippen molar-refractivity contribution in [1.29, 1.82) is 0 Å². The van der Waals surface area contributed by atoms with Gasteiger partial charge in [-0.2, -0.15) is 0 Å². The standard InChI is InChI=1S/C12H13NO/c1-3-9-5-4-6-11-10(9)7-8-13(2)12(11)14/h4-8H,3H2,1-2H3. The molecule has 2 aromatic rings. The highest BCUT2D eigenvalue weighted by Gasteiger charge is 2.02. The molecule has 0 aliphatic carbocycles. The van der Waals surface area contributed by atoms with E-state index in [1.807, 2.05) is 24.4 Å². The van der Waals surface area contributed by atoms with Crippen molar-refractivity contribution >= 4 is 10.8 Å². The number of nitrogens with zero attached hydrogens (tertiary/aromatic N) is 1. The third kappa shape index (κ3) is 1.23. The molecule has 0 saturated heterocycles. The SMILES string of the molecule is CCc1cccc2c(=O)n(C)ccc12. The highest BCUT2D eigenvalue weighted by Crippen LogP contribution is 2.15. The summed E-state index contributed by atoms with van der Waals surface area (Å²) in [5, 5.41) is 1.90. The van der Waals surface area contributed by atoms with Gasteiger partial charge in [0.15, 0.2) is 0 Å². The number of hydrogen-bond acceptors (Lipinski definition) is 1. The van der Waals surface area contributed by atoms with E-state index >= 15 is 0 Å². The van der Waals surface area contributed by atoms with Gasteiger partial charge in [-0.05, 0) is 29.5 Å². The summed E-state index contributed by atoms with van der Waals surface area (Å²) >= 11 is 0. The second-order valence-corrected chi connectivity index (χ2v) is 3.46. The third-order valence-electron chi connectivity index (χ3n) is 2.59. The molecule has 0 amide bonds. The molecule has 0 N–H and O–H groups in total. The highest BCUT2D eigenvalue weighted by molar-refractivity contribution is 5.84. The van der Waals surface area contributed by atoms with Gasteiger partial charge >= 0.3 is 0 Å². The topological polar surface area (TPSA) is 22.0 Å². The van der Waals surface area contributed by atoms with Crippen LogP contribution in [0.2, 0.25) is 0 Å². The summed E-state index contributed by atoms with van der Waals surface area (Å²) in [6.07, 6.45) is 2.79. The average molecular weight is 187 g/mol. The summed E-state index contributed by atoms with van der Waals surface area (Å²) in [6.45, 7) is 2.10. The molecule has 0 aliphatic heterocycles. The molecule has 2 heteroatoms. The predicted octanol–water partition coefficient (Wildman–Crippen LogP) is 2.10. The molecular weight excluding hydrogens is 174 g/mol. The summed E-state index contributed by atoms with van der Waals surface area (Å²) in [5.41, 5.74) is 1.32. The molecule has 2 nitrogen and oxygen atoms in total. The van der Waals surface area contributed by atoms with Gasteiger partial charge in [0.2, 0.25) is 0 Å². The van der Waals surface area contributed by atoms with Crippen molar-refractivity contribution in [3.63, 3.8) is 0 Å². The van der Waals surface area contributed by atoms with Crippen molar-refractivity contribution in [1.82, 2.24) is 4.57 Å². The minimum absolute atomic E-state index is 0.0813. The van der Waals surface area contributed by atoms with Crippen LogP contribution in [-0.2, 0) is 13.5 Å². The Bertz CT molecular complexity index is 525. The molecule has 1 aromatic carbocycles. The van der Waals surface area contributed by atoms with Gasteiger partial charge in [0.1, 0.15) is 0 Å². The Balaban J connectivity index is 2.93. The predicted molar refractivity (Wildman–Crippen MR) is 58.6 cm³/mol. The van der Waals surface area contributed by atoms with E-state index in [1.54, 1.807) is 11.6 Å². The third-order valence-corrected chi connectivity index (χ3v) is 2.59. The maximum atomic E-state index is 11.8. The van der Waals surface area contributed by atoms with Crippen LogP contribution in [0.5, 0.6) is 0 Å². The Morgan fingerprint density at radius 2 is 2.00 bits per heavy atom. The molecule has 1 heterocycles. The maximum Gasteiger partial charge on any atom is 0.258 e. The number of aromatic nitrogens is 1. The molecule has 0 saturated carbocycles. The van der Waals surface area contributed by atoms with Crippen molar-refractivity contribution in [3.8, 4) is 0 Å². The van der Waals surface area contributed by atoms with Crippen LogP contribution >= 0.6 is 0 Å². The summed E-state index contributed by atoms with van der Waals surface area (Å²) < 4.78 is 1.61. The highest BCUT2D eigenvalue weighted by atomic mass is 16.1. The fourth-order valence-electron chi connectivity index (χ4n) is 1.75. The number of pyridine rings is 1. The van der Waals surface area contributed by atoms with Gasteiger partial charge in [-0.3, -0.25) is 4.79 Å². The van der Waals surface area contributed by atoms with Crippen LogP contribution in [0.3, 0.4) is 0 Å². The number of hydrogen-bond donors (Lipinski definition) is 0. The molecule has 0 bridgehead atoms. The molecule has 0 spiro atoms. The van der Waals surface area contributed by atoms with Gasteiger partial charge in [-0.25, -0.2) is 0 Å². The molecule has 0 atom stereocenters. The van der Waals surface area contributed by atoms with E-state index in [-0.39, 0.29) is 5.56 Å². The molecular formula is C12H13NO. The zero-order valence-electron chi connectivity index (χ0n) is 8.45. The van der Waals surface area contributed by atoms with Gasteiger partial charge in [0.05, 0.1) is 0 Å². The molecule has 2 rings (SSSR count). The molecule has 1 aromatic heterocycles. The first kappa shape index (κ1) is 9.00. The second kappa shape index (κ2) is 3.29. The quantitative estimate of drug-likeness (QED) is 0.670. The summed E-state index contributed by atoms with van der Waals surface area (Å²) in [4.78, 5) is 11.8. The Labute approximate surface area is 82.8 Å². The Morgan fingerprint density at radius 3 is 2.71 bits per heavy atom. The zero-order chi connectivity index (χ0) is 10.1. The maximum absolute atomic E-state index is 11.8. The summed E-state index contributed by atoms with van der Waals surface area (Å²) in [7, 11) is 1.78. The van der Waals surface area contributed by atoms with Gasteiger partial charge in [0.25, 0.3) is 5.56 Å². The molecule has 0 fully saturated rings. The van der Waals surface area contributed by atoms with Crippen molar-refractivity contribution < 1.29 is 0 Å². The van der Waals surface area contributed by atoms with E-state index < -0.39 is 0 Å². The van der Waals surface area contributed by atoms with Gasteiger partial charge in [-0.1, -0.05) is 19.1 Å². The Hall–Kier alpha value is -1.57. The van der Waals surface area contributed by atoms with Crippen LogP contribution in [0.1, 0.15) is 12.5 Å². The second-order valence-electron chi connectivity index (χ2n) is 3.46. The van der Waals surface area contributed by atoms with E-state index in [2.05, 4.69) is 13.0 Å². The van der Waals surface area contributed by atoms with Crippen LogP contribution < -0.4 is 5.56 Å². The van der Waals surface area contributed by atoms with Gasteiger partial charge in [0, 0.05) is 18.6 Å². The Morgan fingerprint density at radius 1 is 1.21 bits per heavy atom. The van der Waals surface area contributed by atoms with Crippen LogP contribution in [0, 0.1) is 0 Å².